The molecule has 0 saturated carbocycles. The van der Waals surface area contributed by atoms with Gasteiger partial charge in [0.05, 0.1) is 12.3 Å². The van der Waals surface area contributed by atoms with Gasteiger partial charge in [0.15, 0.2) is 5.96 Å². The molecule has 1 aromatic carbocycles. The molecule has 0 spiro atoms. The minimum absolute atomic E-state index is 0.746. The van der Waals surface area contributed by atoms with Gasteiger partial charge in [-0.15, -0.1) is 0 Å². The lowest BCUT2D eigenvalue weighted by Gasteiger charge is -2.13. The molecular weight excluding hydrogens is 338 g/mol. The molecule has 0 amide bonds. The summed E-state index contributed by atoms with van der Waals surface area (Å²) < 4.78 is 7.58. The Balaban J connectivity index is 1.53. The Kier molecular flexibility index (Phi) is 6.37. The van der Waals surface area contributed by atoms with Crippen LogP contribution in [0.4, 0.5) is 0 Å². The van der Waals surface area contributed by atoms with E-state index in [4.69, 9.17) is 4.74 Å². The molecule has 6 heteroatoms. The second-order valence-corrected chi connectivity index (χ2v) is 6.85. The maximum atomic E-state index is 5.58. The second kappa shape index (κ2) is 8.93. The number of aryl methyl sites for hydroxylation is 2. The van der Waals surface area contributed by atoms with Gasteiger partial charge in [0, 0.05) is 44.9 Å². The number of benzene rings is 1. The van der Waals surface area contributed by atoms with E-state index in [0.717, 1.165) is 62.8 Å². The topological polar surface area (TPSA) is 63.5 Å². The Labute approximate surface area is 162 Å². The monoisotopic (exact) mass is 369 g/mol. The molecule has 1 aliphatic heterocycles. The molecule has 0 aliphatic carbocycles. The molecule has 3 rings (SSSR count). The molecule has 0 fully saturated rings. The normalized spacial score (nSPS) is 13.4. The quantitative estimate of drug-likeness (QED) is 0.581. The van der Waals surface area contributed by atoms with Gasteiger partial charge in [-0.25, -0.2) is 0 Å². The number of aromatic nitrogens is 2. The maximum Gasteiger partial charge on any atom is 0.191 e. The average molecular weight is 370 g/mol. The van der Waals surface area contributed by atoms with Crippen LogP contribution in [0.25, 0.3) is 0 Å². The fourth-order valence-corrected chi connectivity index (χ4v) is 3.71. The average Bonchev–Trinajstić information content (AvgIpc) is 3.27. The minimum atomic E-state index is 0.746. The van der Waals surface area contributed by atoms with Crippen molar-refractivity contribution in [1.82, 2.24) is 20.4 Å². The first kappa shape index (κ1) is 19.3. The van der Waals surface area contributed by atoms with E-state index in [0.29, 0.717) is 0 Å². The van der Waals surface area contributed by atoms with Gasteiger partial charge in [-0.3, -0.25) is 9.67 Å². The molecule has 1 aliphatic rings. The molecule has 0 unspecified atom stereocenters. The van der Waals surface area contributed by atoms with Gasteiger partial charge >= 0.3 is 0 Å². The third-order valence-electron chi connectivity index (χ3n) is 5.14. The lowest BCUT2D eigenvalue weighted by molar-refractivity contribution is 0.357. The van der Waals surface area contributed by atoms with Crippen LogP contribution in [0.2, 0.25) is 0 Å². The lowest BCUT2D eigenvalue weighted by atomic mass is 10.1. The van der Waals surface area contributed by atoms with Crippen molar-refractivity contribution in [1.29, 1.82) is 0 Å². The van der Waals surface area contributed by atoms with Crippen LogP contribution in [0, 0.1) is 0 Å². The van der Waals surface area contributed by atoms with Crippen molar-refractivity contribution < 1.29 is 4.74 Å². The van der Waals surface area contributed by atoms with Crippen LogP contribution >= 0.6 is 0 Å². The highest BCUT2D eigenvalue weighted by Gasteiger charge is 2.14. The minimum Gasteiger partial charge on any atom is -0.493 e. The highest BCUT2D eigenvalue weighted by molar-refractivity contribution is 5.79. The van der Waals surface area contributed by atoms with Gasteiger partial charge in [0.1, 0.15) is 5.75 Å². The zero-order chi connectivity index (χ0) is 19.2. The van der Waals surface area contributed by atoms with Gasteiger partial charge in [-0.2, -0.15) is 5.10 Å². The summed E-state index contributed by atoms with van der Waals surface area (Å²) in [4.78, 5) is 4.36. The van der Waals surface area contributed by atoms with Gasteiger partial charge in [-0.05, 0) is 36.5 Å². The van der Waals surface area contributed by atoms with Crippen molar-refractivity contribution in [3.63, 3.8) is 0 Å². The van der Waals surface area contributed by atoms with Crippen molar-refractivity contribution in [3.8, 4) is 5.75 Å². The van der Waals surface area contributed by atoms with Gasteiger partial charge in [0.25, 0.3) is 0 Å². The molecule has 0 saturated heterocycles. The number of ether oxygens (including phenoxy) is 1. The SMILES string of the molecule is CCc1nn(C)c(CC)c1CNC(=NC)NCCc1ccc2c(c1)CCO2. The fraction of sp³-hybridized carbons (Fsp3) is 0.524. The molecule has 0 atom stereocenters. The highest BCUT2D eigenvalue weighted by atomic mass is 16.5. The van der Waals surface area contributed by atoms with Crippen molar-refractivity contribution >= 4 is 5.96 Å². The van der Waals surface area contributed by atoms with E-state index in [9.17, 15) is 0 Å². The third kappa shape index (κ3) is 4.43. The fourth-order valence-electron chi connectivity index (χ4n) is 3.71. The molecule has 0 bridgehead atoms. The predicted molar refractivity (Wildman–Crippen MR) is 110 cm³/mol. The van der Waals surface area contributed by atoms with Gasteiger partial charge in [-0.1, -0.05) is 26.0 Å². The number of guanidine groups is 1. The standard InChI is InChI=1S/C21H31N5O/c1-5-18-17(19(6-2)26(4)25-18)14-24-21(22-3)23-11-9-15-7-8-20-16(13-15)10-12-27-20/h7-8,13H,5-6,9-12,14H2,1-4H3,(H2,22,23,24). The number of nitrogens with one attached hydrogen (secondary N) is 2. The van der Waals surface area contributed by atoms with E-state index >= 15 is 0 Å². The summed E-state index contributed by atoms with van der Waals surface area (Å²) >= 11 is 0. The first-order valence-electron chi connectivity index (χ1n) is 9.89. The Morgan fingerprint density at radius 3 is 2.85 bits per heavy atom. The molecule has 2 aromatic rings. The largest absolute Gasteiger partial charge is 0.493 e. The van der Waals surface area contributed by atoms with E-state index in [1.54, 1.807) is 0 Å². The van der Waals surface area contributed by atoms with E-state index in [2.05, 4.69) is 52.8 Å². The Morgan fingerprint density at radius 2 is 2.11 bits per heavy atom. The van der Waals surface area contributed by atoms with E-state index in [1.165, 1.54) is 22.4 Å². The van der Waals surface area contributed by atoms with Crippen LogP contribution in [0.5, 0.6) is 5.75 Å². The zero-order valence-corrected chi connectivity index (χ0v) is 16.9. The Morgan fingerprint density at radius 1 is 1.26 bits per heavy atom. The van der Waals surface area contributed by atoms with E-state index < -0.39 is 0 Å². The van der Waals surface area contributed by atoms with E-state index in [1.807, 2.05) is 18.8 Å². The van der Waals surface area contributed by atoms with Crippen LogP contribution in [0.15, 0.2) is 23.2 Å². The summed E-state index contributed by atoms with van der Waals surface area (Å²) in [7, 11) is 3.84. The molecule has 1 aromatic heterocycles. The molecule has 6 nitrogen and oxygen atoms in total. The van der Waals surface area contributed by atoms with Crippen molar-refractivity contribution in [2.45, 2.75) is 46.1 Å². The van der Waals surface area contributed by atoms with Crippen molar-refractivity contribution in [3.05, 3.63) is 46.3 Å². The predicted octanol–water partition coefficient (Wildman–Crippen LogP) is 2.39. The summed E-state index contributed by atoms with van der Waals surface area (Å²) in [6.45, 7) is 6.72. The van der Waals surface area contributed by atoms with Crippen molar-refractivity contribution in [2.24, 2.45) is 12.0 Å². The van der Waals surface area contributed by atoms with Crippen LogP contribution in [-0.2, 0) is 39.3 Å². The molecule has 27 heavy (non-hydrogen) atoms. The van der Waals surface area contributed by atoms with Crippen LogP contribution in [0.1, 0.15) is 41.9 Å². The summed E-state index contributed by atoms with van der Waals surface area (Å²) in [5.74, 6) is 1.87. The van der Waals surface area contributed by atoms with E-state index in [-0.39, 0.29) is 0 Å². The van der Waals surface area contributed by atoms with Crippen LogP contribution < -0.4 is 15.4 Å². The number of hydrogen-bond donors (Lipinski definition) is 2. The Hall–Kier alpha value is -2.50. The number of fused-ring (bicyclic) bond motifs is 1. The van der Waals surface area contributed by atoms with Gasteiger partial charge in [0.2, 0.25) is 0 Å². The van der Waals surface area contributed by atoms with Crippen LogP contribution in [-0.4, -0.2) is 35.9 Å². The Bertz CT molecular complexity index is 809. The van der Waals surface area contributed by atoms with Gasteiger partial charge < -0.3 is 15.4 Å². The van der Waals surface area contributed by atoms with Crippen LogP contribution in [0.3, 0.4) is 0 Å². The number of hydrogen-bond acceptors (Lipinski definition) is 3. The van der Waals surface area contributed by atoms with Crippen molar-refractivity contribution in [2.75, 3.05) is 20.2 Å². The second-order valence-electron chi connectivity index (χ2n) is 6.85. The molecule has 2 heterocycles. The molecular formula is C21H31N5O. The first-order valence-corrected chi connectivity index (χ1v) is 9.89. The first-order chi connectivity index (χ1) is 13.2. The number of rotatable bonds is 7. The summed E-state index contributed by atoms with van der Waals surface area (Å²) in [6.07, 6.45) is 3.90. The molecule has 2 N–H and O–H groups in total. The summed E-state index contributed by atoms with van der Waals surface area (Å²) in [6, 6.07) is 6.50. The molecule has 0 radical (unpaired) electrons. The maximum absolute atomic E-state index is 5.58. The smallest absolute Gasteiger partial charge is 0.191 e. The highest BCUT2D eigenvalue weighted by Crippen LogP contribution is 2.25. The third-order valence-corrected chi connectivity index (χ3v) is 5.14. The molecule has 146 valence electrons. The number of nitrogens with zero attached hydrogens (tertiary/aromatic N) is 3. The zero-order valence-electron chi connectivity index (χ0n) is 16.9. The summed E-state index contributed by atoms with van der Waals surface area (Å²) in [5.41, 5.74) is 6.40. The summed E-state index contributed by atoms with van der Waals surface area (Å²) in [5, 5.41) is 11.5. The lowest BCUT2D eigenvalue weighted by Crippen LogP contribution is -2.38. The number of aliphatic imine (C=N–C) groups is 1.